The molecule has 2 aromatic rings. The van der Waals surface area contributed by atoms with Crippen LogP contribution < -0.4 is 5.32 Å². The van der Waals surface area contributed by atoms with E-state index in [0.29, 0.717) is 10.3 Å². The zero-order chi connectivity index (χ0) is 15.6. The topological polar surface area (TPSA) is 42.0 Å². The van der Waals surface area contributed by atoms with Gasteiger partial charge in [-0.3, -0.25) is 4.79 Å². The number of halogens is 5. The van der Waals surface area contributed by atoms with E-state index < -0.39 is 17.6 Å². The van der Waals surface area contributed by atoms with Gasteiger partial charge in [-0.15, -0.1) is 0 Å². The predicted molar refractivity (Wildman–Crippen MR) is 79.0 cm³/mol. The second-order valence-electron chi connectivity index (χ2n) is 4.02. The molecular formula is C13H7Br2F3N2O. The van der Waals surface area contributed by atoms with Gasteiger partial charge < -0.3 is 5.32 Å². The Kier molecular flexibility index (Phi) is 4.67. The lowest BCUT2D eigenvalue weighted by Gasteiger charge is -2.11. The van der Waals surface area contributed by atoms with E-state index in [2.05, 4.69) is 42.2 Å². The molecule has 1 N–H and O–H groups in total. The van der Waals surface area contributed by atoms with Crippen LogP contribution >= 0.6 is 31.9 Å². The number of anilines is 1. The van der Waals surface area contributed by atoms with E-state index in [1.54, 1.807) is 12.1 Å². The zero-order valence-electron chi connectivity index (χ0n) is 10.2. The fourth-order valence-corrected chi connectivity index (χ4v) is 2.19. The average molecular weight is 424 g/mol. The Morgan fingerprint density at radius 3 is 2.43 bits per heavy atom. The summed E-state index contributed by atoms with van der Waals surface area (Å²) in [4.78, 5) is 16.0. The van der Waals surface area contributed by atoms with Gasteiger partial charge in [-0.25, -0.2) is 4.98 Å². The molecule has 0 saturated heterocycles. The predicted octanol–water partition coefficient (Wildman–Crippen LogP) is 4.88. The van der Waals surface area contributed by atoms with Crippen molar-refractivity contribution < 1.29 is 18.0 Å². The van der Waals surface area contributed by atoms with Gasteiger partial charge in [0.25, 0.3) is 5.91 Å². The molecule has 110 valence electrons. The molecule has 1 aromatic heterocycles. The van der Waals surface area contributed by atoms with Crippen LogP contribution in [0.2, 0.25) is 0 Å². The summed E-state index contributed by atoms with van der Waals surface area (Å²) >= 11 is 6.21. The molecule has 2 rings (SSSR count). The van der Waals surface area contributed by atoms with Gasteiger partial charge in [-0.1, -0.05) is 0 Å². The molecule has 0 aliphatic heterocycles. The first-order chi connectivity index (χ1) is 9.77. The first-order valence-corrected chi connectivity index (χ1v) is 7.15. The third kappa shape index (κ3) is 4.04. The van der Waals surface area contributed by atoms with E-state index in [0.717, 1.165) is 12.1 Å². The minimum absolute atomic E-state index is 0.104. The molecule has 0 aliphatic carbocycles. The number of rotatable bonds is 2. The molecule has 1 aromatic carbocycles. The lowest BCUT2D eigenvalue weighted by Crippen LogP contribution is -2.15. The summed E-state index contributed by atoms with van der Waals surface area (Å²) in [5, 5.41) is 2.49. The van der Waals surface area contributed by atoms with Gasteiger partial charge >= 0.3 is 6.18 Å². The largest absolute Gasteiger partial charge is 0.416 e. The molecule has 0 atom stereocenters. The fourth-order valence-electron chi connectivity index (χ4n) is 1.52. The maximum absolute atomic E-state index is 12.7. The Balaban J connectivity index is 2.28. The SMILES string of the molecule is O=C(Nc1ccc(Br)nc1)c1cc(C(F)(F)F)ccc1Br. The molecule has 8 heteroatoms. The molecule has 21 heavy (non-hydrogen) atoms. The summed E-state index contributed by atoms with van der Waals surface area (Å²) < 4.78 is 38.9. The smallest absolute Gasteiger partial charge is 0.321 e. The van der Waals surface area contributed by atoms with Gasteiger partial charge in [0.15, 0.2) is 0 Å². The number of benzene rings is 1. The molecule has 0 bridgehead atoms. The summed E-state index contributed by atoms with van der Waals surface area (Å²) in [6, 6.07) is 6.08. The van der Waals surface area contributed by atoms with Gasteiger partial charge in [0.2, 0.25) is 0 Å². The molecule has 0 fully saturated rings. The number of nitrogens with zero attached hydrogens (tertiary/aromatic N) is 1. The quantitative estimate of drug-likeness (QED) is 0.699. The van der Waals surface area contributed by atoms with E-state index in [-0.39, 0.29) is 10.0 Å². The normalized spacial score (nSPS) is 11.3. The molecule has 1 amide bonds. The van der Waals surface area contributed by atoms with Crippen LogP contribution in [0.25, 0.3) is 0 Å². The number of aromatic nitrogens is 1. The van der Waals surface area contributed by atoms with Crippen LogP contribution in [-0.2, 0) is 6.18 Å². The first-order valence-electron chi connectivity index (χ1n) is 5.57. The summed E-state index contributed by atoms with van der Waals surface area (Å²) in [5.74, 6) is -0.655. The molecular weight excluding hydrogens is 417 g/mol. The summed E-state index contributed by atoms with van der Waals surface area (Å²) in [5.41, 5.74) is -0.606. The van der Waals surface area contributed by atoms with Crippen molar-refractivity contribution in [2.24, 2.45) is 0 Å². The van der Waals surface area contributed by atoms with E-state index in [9.17, 15) is 18.0 Å². The number of carbonyl (C=O) groups is 1. The number of carbonyl (C=O) groups excluding carboxylic acids is 1. The Labute approximate surface area is 134 Å². The Hall–Kier alpha value is -1.41. The van der Waals surface area contributed by atoms with Crippen LogP contribution in [0.4, 0.5) is 18.9 Å². The average Bonchev–Trinajstić information content (AvgIpc) is 2.40. The van der Waals surface area contributed by atoms with Gasteiger partial charge in [0.1, 0.15) is 4.60 Å². The highest BCUT2D eigenvalue weighted by Crippen LogP contribution is 2.32. The highest BCUT2D eigenvalue weighted by molar-refractivity contribution is 9.10. The molecule has 3 nitrogen and oxygen atoms in total. The number of amides is 1. The second kappa shape index (κ2) is 6.15. The fraction of sp³-hybridized carbons (Fsp3) is 0.0769. The summed E-state index contributed by atoms with van der Waals surface area (Å²) in [7, 11) is 0. The van der Waals surface area contributed by atoms with Crippen molar-refractivity contribution in [3.8, 4) is 0 Å². The van der Waals surface area contributed by atoms with Gasteiger partial charge in [-0.05, 0) is 62.2 Å². The number of pyridine rings is 1. The van der Waals surface area contributed by atoms with Gasteiger partial charge in [0.05, 0.1) is 23.0 Å². The highest BCUT2D eigenvalue weighted by Gasteiger charge is 2.31. The van der Waals surface area contributed by atoms with Crippen molar-refractivity contribution in [2.75, 3.05) is 5.32 Å². The van der Waals surface area contributed by atoms with Crippen molar-refractivity contribution in [3.05, 3.63) is 56.7 Å². The Morgan fingerprint density at radius 1 is 1.14 bits per heavy atom. The van der Waals surface area contributed by atoms with Crippen LogP contribution in [0.3, 0.4) is 0 Å². The number of alkyl halides is 3. The van der Waals surface area contributed by atoms with Gasteiger partial charge in [0, 0.05) is 4.47 Å². The maximum Gasteiger partial charge on any atom is 0.416 e. The van der Waals surface area contributed by atoms with Crippen molar-refractivity contribution >= 4 is 43.5 Å². The van der Waals surface area contributed by atoms with E-state index in [1.807, 2.05) is 0 Å². The molecule has 1 heterocycles. The highest BCUT2D eigenvalue weighted by atomic mass is 79.9. The lowest BCUT2D eigenvalue weighted by molar-refractivity contribution is -0.137. The van der Waals surface area contributed by atoms with E-state index >= 15 is 0 Å². The van der Waals surface area contributed by atoms with Crippen LogP contribution in [0.1, 0.15) is 15.9 Å². The zero-order valence-corrected chi connectivity index (χ0v) is 13.4. The summed E-state index contributed by atoms with van der Waals surface area (Å²) in [6.07, 6.45) is -3.11. The number of hydrogen-bond donors (Lipinski definition) is 1. The minimum Gasteiger partial charge on any atom is -0.321 e. The van der Waals surface area contributed by atoms with Crippen molar-refractivity contribution in [1.82, 2.24) is 4.98 Å². The van der Waals surface area contributed by atoms with Crippen LogP contribution in [0.15, 0.2) is 45.6 Å². The molecule has 0 spiro atoms. The van der Waals surface area contributed by atoms with Gasteiger partial charge in [-0.2, -0.15) is 13.2 Å². The van der Waals surface area contributed by atoms with E-state index in [4.69, 9.17) is 0 Å². The third-order valence-electron chi connectivity index (χ3n) is 2.52. The second-order valence-corrected chi connectivity index (χ2v) is 5.68. The minimum atomic E-state index is -4.51. The van der Waals surface area contributed by atoms with Crippen molar-refractivity contribution in [3.63, 3.8) is 0 Å². The standard InChI is InChI=1S/C13H7Br2F3N2O/c14-10-3-1-7(13(16,17)18)5-9(10)12(21)20-8-2-4-11(15)19-6-8/h1-6H,(H,20,21). The molecule has 0 unspecified atom stereocenters. The van der Waals surface area contributed by atoms with Crippen LogP contribution in [-0.4, -0.2) is 10.9 Å². The van der Waals surface area contributed by atoms with Crippen LogP contribution in [0.5, 0.6) is 0 Å². The number of hydrogen-bond acceptors (Lipinski definition) is 2. The van der Waals surface area contributed by atoms with Crippen molar-refractivity contribution in [1.29, 1.82) is 0 Å². The third-order valence-corrected chi connectivity index (χ3v) is 3.68. The lowest BCUT2D eigenvalue weighted by atomic mass is 10.1. The Bertz CT molecular complexity index is 672. The number of nitrogens with one attached hydrogen (secondary N) is 1. The van der Waals surface area contributed by atoms with Crippen LogP contribution in [0, 0.1) is 0 Å². The Morgan fingerprint density at radius 2 is 1.86 bits per heavy atom. The molecule has 0 aliphatic rings. The van der Waals surface area contributed by atoms with Crippen molar-refractivity contribution in [2.45, 2.75) is 6.18 Å². The maximum atomic E-state index is 12.7. The monoisotopic (exact) mass is 422 g/mol. The summed E-state index contributed by atoms with van der Waals surface area (Å²) in [6.45, 7) is 0. The van der Waals surface area contributed by atoms with E-state index in [1.165, 1.54) is 12.3 Å². The molecule has 0 radical (unpaired) electrons. The molecule has 0 saturated carbocycles. The first kappa shape index (κ1) is 16.0.